The molecule has 0 heterocycles. The molecule has 3 heteroatoms. The summed E-state index contributed by atoms with van der Waals surface area (Å²) in [6.45, 7) is 2.21. The molecule has 0 rings (SSSR count). The van der Waals surface area contributed by atoms with Crippen molar-refractivity contribution in [2.45, 2.75) is 122 Å². The second-order valence-corrected chi connectivity index (χ2v) is 7.03. The zero-order chi connectivity index (χ0) is 17.2. The van der Waals surface area contributed by atoms with Crippen molar-refractivity contribution in [2.75, 3.05) is 6.61 Å². The first-order valence-corrected chi connectivity index (χ1v) is 10.2. The summed E-state index contributed by atoms with van der Waals surface area (Å²) in [5, 5.41) is 27.9. The van der Waals surface area contributed by atoms with E-state index in [-0.39, 0.29) is 13.0 Å². The first-order chi connectivity index (χ1) is 11.2. The molecule has 0 spiro atoms. The fourth-order valence-corrected chi connectivity index (χ4v) is 3.07. The van der Waals surface area contributed by atoms with E-state index in [9.17, 15) is 10.2 Å². The molecule has 0 aliphatic carbocycles. The first-order valence-electron chi connectivity index (χ1n) is 10.2. The summed E-state index contributed by atoms with van der Waals surface area (Å²) in [5.41, 5.74) is 0. The topological polar surface area (TPSA) is 60.7 Å². The fourth-order valence-electron chi connectivity index (χ4n) is 3.07. The summed E-state index contributed by atoms with van der Waals surface area (Å²) in [6.07, 6.45) is 18.1. The smallest absolute Gasteiger partial charge is 0.0820 e. The summed E-state index contributed by atoms with van der Waals surface area (Å²) in [4.78, 5) is 0. The monoisotopic (exact) mass is 330 g/mol. The molecule has 0 saturated heterocycles. The van der Waals surface area contributed by atoms with E-state index >= 15 is 0 Å². The van der Waals surface area contributed by atoms with Crippen LogP contribution in [0.2, 0.25) is 0 Å². The largest absolute Gasteiger partial charge is 0.396 e. The number of hydrogen-bond donors (Lipinski definition) is 3. The molecule has 0 aromatic heterocycles. The molecule has 0 saturated carbocycles. The third-order valence-electron chi connectivity index (χ3n) is 4.72. The standard InChI is InChI=1S/C20H42O3/c1-2-3-4-5-6-7-8-9-10-11-12-13-14-15-16-19(22)20(23)17-18-21/h19-23H,2-18H2,1H3. The van der Waals surface area contributed by atoms with Crippen molar-refractivity contribution in [1.82, 2.24) is 0 Å². The molecular formula is C20H42O3. The van der Waals surface area contributed by atoms with Crippen molar-refractivity contribution in [3.05, 3.63) is 0 Å². The highest BCUT2D eigenvalue weighted by molar-refractivity contribution is 4.66. The van der Waals surface area contributed by atoms with E-state index in [0.29, 0.717) is 6.42 Å². The summed E-state index contributed by atoms with van der Waals surface area (Å²) < 4.78 is 0. The van der Waals surface area contributed by atoms with Crippen LogP contribution in [0.5, 0.6) is 0 Å². The normalized spacial score (nSPS) is 14.1. The Kier molecular flexibility index (Phi) is 18.1. The highest BCUT2D eigenvalue weighted by Crippen LogP contribution is 2.14. The molecule has 2 atom stereocenters. The van der Waals surface area contributed by atoms with E-state index in [2.05, 4.69) is 6.92 Å². The van der Waals surface area contributed by atoms with E-state index in [1.165, 1.54) is 77.0 Å². The molecule has 0 fully saturated rings. The quantitative estimate of drug-likeness (QED) is 0.311. The molecule has 0 amide bonds. The zero-order valence-electron chi connectivity index (χ0n) is 15.5. The predicted octanol–water partition coefficient (Wildman–Crippen LogP) is 4.96. The van der Waals surface area contributed by atoms with Crippen LogP contribution in [0.4, 0.5) is 0 Å². The van der Waals surface area contributed by atoms with Crippen LogP contribution < -0.4 is 0 Å². The Balaban J connectivity index is 3.13. The van der Waals surface area contributed by atoms with Gasteiger partial charge in [0.1, 0.15) is 0 Å². The van der Waals surface area contributed by atoms with Crippen molar-refractivity contribution in [2.24, 2.45) is 0 Å². The molecule has 0 aliphatic heterocycles. The average Bonchev–Trinajstić information content (AvgIpc) is 2.55. The van der Waals surface area contributed by atoms with Gasteiger partial charge < -0.3 is 15.3 Å². The Morgan fingerprint density at radius 1 is 0.522 bits per heavy atom. The lowest BCUT2D eigenvalue weighted by atomic mass is 10.0. The maximum Gasteiger partial charge on any atom is 0.0820 e. The Morgan fingerprint density at radius 2 is 0.870 bits per heavy atom. The molecule has 23 heavy (non-hydrogen) atoms. The Bertz CT molecular complexity index is 221. The van der Waals surface area contributed by atoms with Crippen LogP contribution in [-0.2, 0) is 0 Å². The molecule has 0 radical (unpaired) electrons. The number of rotatable bonds is 18. The SMILES string of the molecule is CCCCCCCCCCCCCCCCC(O)C(O)CCO. The average molecular weight is 331 g/mol. The minimum Gasteiger partial charge on any atom is -0.396 e. The van der Waals surface area contributed by atoms with Gasteiger partial charge in [-0.2, -0.15) is 0 Å². The lowest BCUT2D eigenvalue weighted by Crippen LogP contribution is -2.26. The molecule has 0 aromatic carbocycles. The van der Waals surface area contributed by atoms with Crippen molar-refractivity contribution in [1.29, 1.82) is 0 Å². The third kappa shape index (κ3) is 16.5. The third-order valence-corrected chi connectivity index (χ3v) is 4.72. The lowest BCUT2D eigenvalue weighted by Gasteiger charge is -2.16. The van der Waals surface area contributed by atoms with E-state index in [1.807, 2.05) is 0 Å². The van der Waals surface area contributed by atoms with E-state index in [1.54, 1.807) is 0 Å². The van der Waals surface area contributed by atoms with Gasteiger partial charge in [0.15, 0.2) is 0 Å². The van der Waals surface area contributed by atoms with E-state index in [4.69, 9.17) is 5.11 Å². The predicted molar refractivity (Wildman–Crippen MR) is 98.6 cm³/mol. The van der Waals surface area contributed by atoms with Gasteiger partial charge in [0.25, 0.3) is 0 Å². The van der Waals surface area contributed by atoms with E-state index in [0.717, 1.165) is 12.8 Å². The minimum absolute atomic E-state index is 0.0586. The van der Waals surface area contributed by atoms with Gasteiger partial charge in [-0.15, -0.1) is 0 Å². The number of aliphatic hydroxyl groups is 3. The number of aliphatic hydroxyl groups excluding tert-OH is 3. The zero-order valence-corrected chi connectivity index (χ0v) is 15.5. The molecule has 2 unspecified atom stereocenters. The first kappa shape index (κ1) is 22.9. The second-order valence-electron chi connectivity index (χ2n) is 7.03. The lowest BCUT2D eigenvalue weighted by molar-refractivity contribution is -0.000105. The molecular weight excluding hydrogens is 288 g/mol. The molecule has 3 N–H and O–H groups in total. The van der Waals surface area contributed by atoms with Crippen molar-refractivity contribution < 1.29 is 15.3 Å². The molecule has 140 valence electrons. The maximum atomic E-state index is 9.68. The van der Waals surface area contributed by atoms with Gasteiger partial charge in [0.05, 0.1) is 12.2 Å². The molecule has 0 aliphatic rings. The van der Waals surface area contributed by atoms with Crippen LogP contribution in [0.25, 0.3) is 0 Å². The Morgan fingerprint density at radius 3 is 1.26 bits per heavy atom. The van der Waals surface area contributed by atoms with Gasteiger partial charge in [-0.05, 0) is 12.8 Å². The van der Waals surface area contributed by atoms with Gasteiger partial charge in [-0.3, -0.25) is 0 Å². The fraction of sp³-hybridized carbons (Fsp3) is 1.00. The van der Waals surface area contributed by atoms with E-state index < -0.39 is 12.2 Å². The highest BCUT2D eigenvalue weighted by Gasteiger charge is 2.14. The van der Waals surface area contributed by atoms with Crippen LogP contribution in [0.3, 0.4) is 0 Å². The Labute approximate surface area is 144 Å². The van der Waals surface area contributed by atoms with Crippen LogP contribution in [0.1, 0.15) is 110 Å². The summed E-state index contributed by atoms with van der Waals surface area (Å²) in [5.74, 6) is 0. The van der Waals surface area contributed by atoms with Crippen LogP contribution in [0.15, 0.2) is 0 Å². The van der Waals surface area contributed by atoms with Gasteiger partial charge in [-0.1, -0.05) is 96.8 Å². The van der Waals surface area contributed by atoms with Gasteiger partial charge in [-0.25, -0.2) is 0 Å². The minimum atomic E-state index is -0.762. The van der Waals surface area contributed by atoms with Crippen LogP contribution in [0, 0.1) is 0 Å². The highest BCUT2D eigenvalue weighted by atomic mass is 16.3. The second kappa shape index (κ2) is 18.2. The van der Waals surface area contributed by atoms with Crippen LogP contribution >= 0.6 is 0 Å². The van der Waals surface area contributed by atoms with Gasteiger partial charge in [0, 0.05) is 6.61 Å². The number of unbranched alkanes of at least 4 members (excludes halogenated alkanes) is 13. The Hall–Kier alpha value is -0.120. The summed E-state index contributed by atoms with van der Waals surface area (Å²) in [7, 11) is 0. The molecule has 0 bridgehead atoms. The molecule has 0 aromatic rings. The molecule has 3 nitrogen and oxygen atoms in total. The van der Waals surface area contributed by atoms with Crippen molar-refractivity contribution >= 4 is 0 Å². The van der Waals surface area contributed by atoms with Gasteiger partial charge in [0.2, 0.25) is 0 Å². The maximum absolute atomic E-state index is 9.68. The summed E-state index contributed by atoms with van der Waals surface area (Å²) >= 11 is 0. The van der Waals surface area contributed by atoms with Crippen molar-refractivity contribution in [3.8, 4) is 0 Å². The van der Waals surface area contributed by atoms with Gasteiger partial charge >= 0.3 is 0 Å². The summed E-state index contributed by atoms with van der Waals surface area (Å²) in [6, 6.07) is 0. The van der Waals surface area contributed by atoms with Crippen LogP contribution in [-0.4, -0.2) is 34.1 Å². The van der Waals surface area contributed by atoms with Crippen molar-refractivity contribution in [3.63, 3.8) is 0 Å². The number of hydrogen-bond acceptors (Lipinski definition) is 3.